The number of hydrogen-bond donors (Lipinski definition) is 1. The number of rotatable bonds is 10. The molecule has 0 aliphatic carbocycles. The summed E-state index contributed by atoms with van der Waals surface area (Å²) in [5.74, 6) is 0.0680. The van der Waals surface area contributed by atoms with Gasteiger partial charge in [0.05, 0.1) is 23.1 Å². The number of halogens is 2. The number of aryl methyl sites for hydroxylation is 1. The monoisotopic (exact) mass is 616 g/mol. The van der Waals surface area contributed by atoms with Gasteiger partial charge < -0.3 is 4.74 Å². The van der Waals surface area contributed by atoms with Crippen molar-refractivity contribution in [2.45, 2.75) is 45.9 Å². The lowest BCUT2D eigenvalue weighted by atomic mass is 10.1. The van der Waals surface area contributed by atoms with Crippen LogP contribution in [-0.2, 0) is 31.2 Å². The van der Waals surface area contributed by atoms with Gasteiger partial charge in [-0.2, -0.15) is 4.31 Å². The molecule has 0 atom stereocenters. The van der Waals surface area contributed by atoms with Crippen LogP contribution in [0.4, 0.5) is 5.82 Å². The molecular weight excluding hydrogens is 591 g/mol. The molecule has 0 radical (unpaired) electrons. The van der Waals surface area contributed by atoms with E-state index in [-0.39, 0.29) is 20.6 Å². The number of nitrogens with zero attached hydrogens (tertiary/aromatic N) is 3. The number of ether oxygens (including phenoxy) is 1. The lowest BCUT2D eigenvalue weighted by Crippen LogP contribution is -2.40. The fourth-order valence-corrected chi connectivity index (χ4v) is 7.75. The van der Waals surface area contributed by atoms with Crippen molar-refractivity contribution in [1.82, 2.24) is 14.5 Å². The van der Waals surface area contributed by atoms with E-state index >= 15 is 0 Å². The summed E-state index contributed by atoms with van der Waals surface area (Å²) < 4.78 is 60.7. The van der Waals surface area contributed by atoms with Gasteiger partial charge in [0.1, 0.15) is 9.92 Å². The molecule has 3 aromatic rings. The van der Waals surface area contributed by atoms with Crippen LogP contribution in [0.25, 0.3) is 0 Å². The molecule has 1 aliphatic heterocycles. The largest absolute Gasteiger partial charge is 0.379 e. The Morgan fingerprint density at radius 3 is 2.37 bits per heavy atom. The SMILES string of the molecule is CCCCc1cc(NS(=O)(=O)c2ccc(Cl)cc2Cl)nnc1Sc1ccc(S(=O)(=O)N2CCOCC2)cc1. The maximum absolute atomic E-state index is 12.9. The Balaban J connectivity index is 1.54. The minimum absolute atomic E-state index is 0.00424. The molecule has 1 N–H and O–H groups in total. The quantitative estimate of drug-likeness (QED) is 0.334. The van der Waals surface area contributed by atoms with E-state index in [2.05, 4.69) is 21.8 Å². The van der Waals surface area contributed by atoms with Gasteiger partial charge in [0, 0.05) is 23.0 Å². The van der Waals surface area contributed by atoms with Crippen LogP contribution in [0, 0.1) is 0 Å². The number of sulfonamides is 2. The molecule has 0 saturated carbocycles. The number of anilines is 1. The Morgan fingerprint density at radius 2 is 1.71 bits per heavy atom. The highest BCUT2D eigenvalue weighted by molar-refractivity contribution is 7.99. The van der Waals surface area contributed by atoms with E-state index in [0.29, 0.717) is 42.8 Å². The van der Waals surface area contributed by atoms with E-state index < -0.39 is 20.0 Å². The van der Waals surface area contributed by atoms with Crippen LogP contribution in [-0.4, -0.2) is 57.6 Å². The molecule has 0 unspecified atom stereocenters. The van der Waals surface area contributed by atoms with E-state index in [1.807, 2.05) is 0 Å². The van der Waals surface area contributed by atoms with Crippen LogP contribution in [0.5, 0.6) is 0 Å². The Bertz CT molecular complexity index is 1500. The second kappa shape index (κ2) is 12.5. The summed E-state index contributed by atoms with van der Waals surface area (Å²) in [6.45, 7) is 3.48. The van der Waals surface area contributed by atoms with Gasteiger partial charge in [-0.25, -0.2) is 16.8 Å². The molecule has 2 heterocycles. The number of unbranched alkanes of at least 4 members (excludes halogenated alkanes) is 1. The van der Waals surface area contributed by atoms with Gasteiger partial charge in [-0.3, -0.25) is 4.72 Å². The molecule has 9 nitrogen and oxygen atoms in total. The molecule has 0 spiro atoms. The molecule has 1 aliphatic rings. The van der Waals surface area contributed by atoms with Gasteiger partial charge >= 0.3 is 0 Å². The maximum Gasteiger partial charge on any atom is 0.264 e. The summed E-state index contributed by atoms with van der Waals surface area (Å²) >= 11 is 13.3. The fraction of sp³-hybridized carbons (Fsp3) is 0.333. The van der Waals surface area contributed by atoms with Crippen molar-refractivity contribution in [3.05, 3.63) is 64.1 Å². The highest BCUT2D eigenvalue weighted by Gasteiger charge is 2.26. The summed E-state index contributed by atoms with van der Waals surface area (Å²) in [4.78, 5) is 0.872. The van der Waals surface area contributed by atoms with Crippen molar-refractivity contribution in [3.8, 4) is 0 Å². The van der Waals surface area contributed by atoms with Crippen LogP contribution < -0.4 is 4.72 Å². The molecular formula is C24H26Cl2N4O5S3. The predicted molar refractivity (Wildman–Crippen MR) is 148 cm³/mol. The molecule has 0 bridgehead atoms. The summed E-state index contributed by atoms with van der Waals surface area (Å²) in [5.41, 5.74) is 0.816. The normalized spacial score (nSPS) is 14.9. The molecule has 1 saturated heterocycles. The first-order valence-corrected chi connectivity index (χ1v) is 16.3. The van der Waals surface area contributed by atoms with Gasteiger partial charge in [-0.05, 0) is 66.9 Å². The summed E-state index contributed by atoms with van der Waals surface area (Å²) in [5, 5.41) is 9.28. The van der Waals surface area contributed by atoms with E-state index in [0.717, 1.165) is 23.3 Å². The molecule has 14 heteroatoms. The second-order valence-electron chi connectivity index (χ2n) is 8.43. The van der Waals surface area contributed by atoms with E-state index in [4.69, 9.17) is 27.9 Å². The zero-order valence-electron chi connectivity index (χ0n) is 20.4. The summed E-state index contributed by atoms with van der Waals surface area (Å²) in [6, 6.07) is 12.4. The van der Waals surface area contributed by atoms with Crippen molar-refractivity contribution in [2.75, 3.05) is 31.0 Å². The number of morpholine rings is 1. The van der Waals surface area contributed by atoms with E-state index in [9.17, 15) is 16.8 Å². The molecule has 0 amide bonds. The van der Waals surface area contributed by atoms with Crippen molar-refractivity contribution in [1.29, 1.82) is 0 Å². The van der Waals surface area contributed by atoms with Crippen LogP contribution in [0.1, 0.15) is 25.3 Å². The van der Waals surface area contributed by atoms with Crippen LogP contribution in [0.3, 0.4) is 0 Å². The van der Waals surface area contributed by atoms with Gasteiger partial charge in [-0.1, -0.05) is 48.3 Å². The number of hydrogen-bond acceptors (Lipinski definition) is 8. The first kappa shape index (κ1) is 29.1. The Labute approximate surface area is 237 Å². The van der Waals surface area contributed by atoms with Crippen molar-refractivity contribution in [2.24, 2.45) is 0 Å². The standard InChI is InChI=1S/C24H26Cl2N4O5S3/c1-2-3-4-17-15-23(29-37(31,32)22-10-5-18(25)16-21(22)26)27-28-24(17)36-19-6-8-20(9-7-19)38(33,34)30-11-13-35-14-12-30/h5-10,15-16H,2-4,11-14H2,1H3,(H,27,29). The topological polar surface area (TPSA) is 119 Å². The Morgan fingerprint density at radius 1 is 1.00 bits per heavy atom. The van der Waals surface area contributed by atoms with Crippen LogP contribution >= 0.6 is 35.0 Å². The van der Waals surface area contributed by atoms with Gasteiger partial charge in [0.25, 0.3) is 10.0 Å². The molecule has 204 valence electrons. The van der Waals surface area contributed by atoms with Crippen molar-refractivity contribution < 1.29 is 21.6 Å². The lowest BCUT2D eigenvalue weighted by molar-refractivity contribution is 0.0730. The van der Waals surface area contributed by atoms with Crippen molar-refractivity contribution in [3.63, 3.8) is 0 Å². The average Bonchev–Trinajstić information content (AvgIpc) is 2.89. The van der Waals surface area contributed by atoms with Crippen LogP contribution in [0.15, 0.2) is 68.2 Å². The van der Waals surface area contributed by atoms with Gasteiger partial charge in [0.2, 0.25) is 10.0 Å². The second-order valence-corrected chi connectivity index (χ2v) is 13.9. The molecule has 4 rings (SSSR count). The lowest BCUT2D eigenvalue weighted by Gasteiger charge is -2.26. The molecule has 1 aromatic heterocycles. The molecule has 38 heavy (non-hydrogen) atoms. The highest BCUT2D eigenvalue weighted by Crippen LogP contribution is 2.32. The minimum Gasteiger partial charge on any atom is -0.379 e. The third kappa shape index (κ3) is 6.98. The average molecular weight is 618 g/mol. The zero-order valence-corrected chi connectivity index (χ0v) is 24.4. The fourth-order valence-electron chi connectivity index (χ4n) is 3.71. The molecule has 1 fully saturated rings. The van der Waals surface area contributed by atoms with Gasteiger partial charge in [0.15, 0.2) is 5.82 Å². The Hall–Kier alpha value is -1.93. The minimum atomic E-state index is -4.02. The van der Waals surface area contributed by atoms with Crippen LogP contribution in [0.2, 0.25) is 10.0 Å². The highest BCUT2D eigenvalue weighted by atomic mass is 35.5. The van der Waals surface area contributed by atoms with Gasteiger partial charge in [-0.15, -0.1) is 10.2 Å². The number of aromatic nitrogens is 2. The molecule has 2 aromatic carbocycles. The van der Waals surface area contributed by atoms with E-state index in [1.54, 1.807) is 30.3 Å². The number of benzene rings is 2. The third-order valence-corrected chi connectivity index (χ3v) is 10.7. The zero-order chi connectivity index (χ0) is 27.3. The smallest absolute Gasteiger partial charge is 0.264 e. The predicted octanol–water partition coefficient (Wildman–Crippen LogP) is 5.10. The first-order valence-electron chi connectivity index (χ1n) is 11.8. The number of nitrogens with one attached hydrogen (secondary N) is 1. The first-order chi connectivity index (χ1) is 18.1. The summed E-state index contributed by atoms with van der Waals surface area (Å²) in [7, 11) is -7.61. The summed E-state index contributed by atoms with van der Waals surface area (Å²) in [6.07, 6.45) is 2.46. The van der Waals surface area contributed by atoms with Crippen molar-refractivity contribution >= 4 is 60.8 Å². The van der Waals surface area contributed by atoms with E-state index in [1.165, 1.54) is 34.3 Å². The maximum atomic E-state index is 12.9. The Kier molecular flexibility index (Phi) is 9.56. The third-order valence-electron chi connectivity index (χ3n) is 5.70.